The number of aromatic hydroxyl groups is 2. The Hall–Kier alpha value is -3.71. The Morgan fingerprint density at radius 2 is 1.47 bits per heavy atom. The Balaban J connectivity index is 1.41. The lowest BCUT2D eigenvalue weighted by Gasteiger charge is -2.42. The fourth-order valence-electron chi connectivity index (χ4n) is 5.15. The molecule has 0 radical (unpaired) electrons. The van der Waals surface area contributed by atoms with Crippen LogP contribution in [0.1, 0.15) is 6.92 Å². The van der Waals surface area contributed by atoms with Crippen LogP contribution in [0.3, 0.4) is 0 Å². The molecule has 0 bridgehead atoms. The normalized spacial score (nSPS) is 31.9. The lowest BCUT2D eigenvalue weighted by molar-refractivity contribution is -0.318. The highest BCUT2D eigenvalue weighted by Crippen LogP contribution is 2.39. The molecule has 16 nitrogen and oxygen atoms in total. The minimum Gasteiger partial charge on any atom is -0.507 e. The zero-order valence-corrected chi connectivity index (χ0v) is 24.2. The van der Waals surface area contributed by atoms with Crippen LogP contribution < -0.4 is 19.6 Å². The standard InChI is InChI=1S/C29H34O16/c1-10-19(32)22(35)24(37)28(42-10)41-9-17-20(33)23(36)25(38)29(45-17)43-12-7-14(31)18-16(8-12)44-26(27(40-3)21(18)34)11-4-5-13(30)15(6-11)39-2/h4-8,10,17,19-20,22-25,28-33,35-38H,9H2,1-3H3/t10-,17+,19-,20+,22+,23-,24+,25+,28+,29+/m0/s1. The number of hydrogen-bond donors (Lipinski definition) is 8. The largest absolute Gasteiger partial charge is 0.507 e. The quantitative estimate of drug-likeness (QED) is 0.146. The molecule has 0 aliphatic carbocycles. The summed E-state index contributed by atoms with van der Waals surface area (Å²) in [7, 11) is 2.58. The number of aliphatic hydroxyl groups is 6. The van der Waals surface area contributed by atoms with Crippen molar-refractivity contribution in [3.05, 3.63) is 40.6 Å². The number of methoxy groups -OCH3 is 2. The topological polar surface area (TPSA) is 247 Å². The van der Waals surface area contributed by atoms with Crippen LogP contribution in [-0.4, -0.2) is 123 Å². The van der Waals surface area contributed by atoms with E-state index in [9.17, 15) is 45.6 Å². The van der Waals surface area contributed by atoms with Crippen molar-refractivity contribution in [2.45, 2.75) is 68.3 Å². The van der Waals surface area contributed by atoms with E-state index in [1.54, 1.807) is 0 Å². The Kier molecular flexibility index (Phi) is 9.41. The molecule has 246 valence electrons. The second-order valence-corrected chi connectivity index (χ2v) is 10.6. The molecule has 8 N–H and O–H groups in total. The third-order valence-corrected chi connectivity index (χ3v) is 7.71. The van der Waals surface area contributed by atoms with E-state index in [0.717, 1.165) is 6.07 Å². The van der Waals surface area contributed by atoms with Crippen LogP contribution in [0.15, 0.2) is 39.5 Å². The fourth-order valence-corrected chi connectivity index (χ4v) is 5.15. The molecule has 0 amide bonds. The average Bonchev–Trinajstić information content (AvgIpc) is 3.01. The molecular formula is C29H34O16. The van der Waals surface area contributed by atoms with Gasteiger partial charge in [-0.15, -0.1) is 0 Å². The zero-order chi connectivity index (χ0) is 32.7. The highest BCUT2D eigenvalue weighted by Gasteiger charge is 2.47. The van der Waals surface area contributed by atoms with E-state index in [4.69, 9.17) is 32.8 Å². The monoisotopic (exact) mass is 638 g/mol. The molecule has 10 atom stereocenters. The van der Waals surface area contributed by atoms with E-state index in [1.165, 1.54) is 45.4 Å². The Bertz CT molecular complexity index is 1570. The van der Waals surface area contributed by atoms with Gasteiger partial charge in [-0.3, -0.25) is 4.79 Å². The number of aliphatic hydroxyl groups excluding tert-OH is 6. The molecule has 3 aromatic rings. The van der Waals surface area contributed by atoms with Crippen molar-refractivity contribution in [2.75, 3.05) is 20.8 Å². The average molecular weight is 639 g/mol. The molecule has 2 saturated heterocycles. The van der Waals surface area contributed by atoms with Crippen molar-refractivity contribution in [1.82, 2.24) is 0 Å². The molecule has 45 heavy (non-hydrogen) atoms. The molecule has 0 spiro atoms. The summed E-state index contributed by atoms with van der Waals surface area (Å²) in [6.07, 6.45) is -15.2. The van der Waals surface area contributed by atoms with Gasteiger partial charge >= 0.3 is 0 Å². The molecule has 5 rings (SSSR count). The van der Waals surface area contributed by atoms with Gasteiger partial charge in [-0.1, -0.05) is 0 Å². The summed E-state index contributed by atoms with van der Waals surface area (Å²) in [5.74, 6) is -1.12. The van der Waals surface area contributed by atoms with Crippen LogP contribution in [-0.2, 0) is 14.2 Å². The molecule has 16 heteroatoms. The number of benzene rings is 2. The summed E-state index contributed by atoms with van der Waals surface area (Å²) < 4.78 is 38.5. The number of ether oxygens (including phenoxy) is 6. The Morgan fingerprint density at radius 3 is 2.16 bits per heavy atom. The minimum absolute atomic E-state index is 0.0615. The highest BCUT2D eigenvalue weighted by molar-refractivity contribution is 5.88. The van der Waals surface area contributed by atoms with Crippen LogP contribution in [0.5, 0.6) is 28.7 Å². The van der Waals surface area contributed by atoms with Gasteiger partial charge in [0, 0.05) is 17.7 Å². The highest BCUT2D eigenvalue weighted by atomic mass is 16.7. The first-order valence-electron chi connectivity index (χ1n) is 13.8. The molecule has 1 aromatic heterocycles. The molecule has 3 heterocycles. The van der Waals surface area contributed by atoms with E-state index in [0.29, 0.717) is 5.56 Å². The smallest absolute Gasteiger partial charge is 0.239 e. The Morgan fingerprint density at radius 1 is 0.778 bits per heavy atom. The Labute approximate surface area is 254 Å². The van der Waals surface area contributed by atoms with E-state index in [1.807, 2.05) is 0 Å². The maximum atomic E-state index is 13.3. The second kappa shape index (κ2) is 13.0. The number of hydrogen-bond acceptors (Lipinski definition) is 16. The van der Waals surface area contributed by atoms with Crippen molar-refractivity contribution in [3.63, 3.8) is 0 Å². The third kappa shape index (κ3) is 6.11. The van der Waals surface area contributed by atoms with Crippen LogP contribution in [0.25, 0.3) is 22.3 Å². The van der Waals surface area contributed by atoms with Gasteiger partial charge in [-0.25, -0.2) is 0 Å². The summed E-state index contributed by atoms with van der Waals surface area (Å²) in [6.45, 7) is 0.937. The maximum Gasteiger partial charge on any atom is 0.239 e. The predicted octanol–water partition coefficient (Wildman–Crippen LogP) is -1.08. The van der Waals surface area contributed by atoms with Gasteiger partial charge in [0.25, 0.3) is 0 Å². The number of phenols is 2. The third-order valence-electron chi connectivity index (χ3n) is 7.71. The predicted molar refractivity (Wildman–Crippen MR) is 150 cm³/mol. The molecule has 0 saturated carbocycles. The van der Waals surface area contributed by atoms with Crippen molar-refractivity contribution in [2.24, 2.45) is 0 Å². The van der Waals surface area contributed by atoms with Gasteiger partial charge in [0.15, 0.2) is 23.5 Å². The van der Waals surface area contributed by atoms with Gasteiger partial charge in [0.05, 0.1) is 26.9 Å². The molecule has 2 aromatic carbocycles. The molecule has 2 aliphatic rings. The number of fused-ring (bicyclic) bond motifs is 1. The van der Waals surface area contributed by atoms with Crippen molar-refractivity contribution < 1.29 is 73.7 Å². The lowest BCUT2D eigenvalue weighted by atomic mass is 9.98. The van der Waals surface area contributed by atoms with Gasteiger partial charge in [0.2, 0.25) is 17.5 Å². The fraction of sp³-hybridized carbons (Fsp3) is 0.483. The van der Waals surface area contributed by atoms with E-state index < -0.39 is 79.2 Å². The zero-order valence-electron chi connectivity index (χ0n) is 24.2. The van der Waals surface area contributed by atoms with Crippen LogP contribution in [0, 0.1) is 0 Å². The molecule has 2 fully saturated rings. The lowest BCUT2D eigenvalue weighted by Crippen LogP contribution is -2.61. The van der Waals surface area contributed by atoms with Crippen LogP contribution in [0.2, 0.25) is 0 Å². The summed E-state index contributed by atoms with van der Waals surface area (Å²) in [4.78, 5) is 13.3. The minimum atomic E-state index is -1.80. The summed E-state index contributed by atoms with van der Waals surface area (Å²) in [6, 6.07) is 6.44. The van der Waals surface area contributed by atoms with Gasteiger partial charge in [-0.2, -0.15) is 0 Å². The summed E-state index contributed by atoms with van der Waals surface area (Å²) >= 11 is 0. The van der Waals surface area contributed by atoms with Gasteiger partial charge < -0.3 is 73.7 Å². The summed E-state index contributed by atoms with van der Waals surface area (Å²) in [5, 5.41) is 82.1. The first-order valence-corrected chi connectivity index (χ1v) is 13.8. The van der Waals surface area contributed by atoms with E-state index in [2.05, 4.69) is 0 Å². The maximum absolute atomic E-state index is 13.3. The SMILES string of the molecule is COc1cc(-c2oc3cc(O[C@@H]4O[C@H](CO[C@@H]5O[C@@H](C)[C@H](O)[C@@H](O)[C@H]5O)[C@@H](O)[C@H](O)[C@H]4O)cc(O)c3c(=O)c2OC)ccc1O. The van der Waals surface area contributed by atoms with Gasteiger partial charge in [-0.05, 0) is 25.1 Å². The number of phenolic OH excluding ortho intramolecular Hbond substituents is 2. The van der Waals surface area contributed by atoms with Crippen molar-refractivity contribution in [3.8, 4) is 40.1 Å². The first-order chi connectivity index (χ1) is 21.4. The van der Waals surface area contributed by atoms with E-state index >= 15 is 0 Å². The number of rotatable bonds is 8. The first kappa shape index (κ1) is 32.7. The van der Waals surface area contributed by atoms with E-state index in [-0.39, 0.29) is 39.7 Å². The van der Waals surface area contributed by atoms with Gasteiger partial charge in [0.1, 0.15) is 65.2 Å². The summed E-state index contributed by atoms with van der Waals surface area (Å²) in [5.41, 5.74) is -0.601. The van der Waals surface area contributed by atoms with Crippen LogP contribution >= 0.6 is 0 Å². The molecule has 2 aliphatic heterocycles. The van der Waals surface area contributed by atoms with Crippen LogP contribution in [0.4, 0.5) is 0 Å². The second-order valence-electron chi connectivity index (χ2n) is 10.6. The molecular weight excluding hydrogens is 604 g/mol. The van der Waals surface area contributed by atoms with Crippen molar-refractivity contribution >= 4 is 11.0 Å². The molecule has 0 unspecified atom stereocenters. The van der Waals surface area contributed by atoms with Crippen molar-refractivity contribution in [1.29, 1.82) is 0 Å².